The Kier molecular flexibility index (Phi) is 3.78. The average Bonchev–Trinajstić information content (AvgIpc) is 3.05. The van der Waals surface area contributed by atoms with Crippen LogP contribution in [0.15, 0.2) is 29.1 Å². The molecule has 0 spiro atoms. The van der Waals surface area contributed by atoms with Gasteiger partial charge in [-0.25, -0.2) is 4.79 Å². The molecule has 0 amide bonds. The summed E-state index contributed by atoms with van der Waals surface area (Å²) in [5.41, 5.74) is 1.83. The highest BCUT2D eigenvalue weighted by Gasteiger charge is 2.16. The molecule has 96 valence electrons. The van der Waals surface area contributed by atoms with Crippen molar-refractivity contribution in [1.82, 2.24) is 15.5 Å². The molecule has 0 aliphatic heterocycles. The number of hydrogen-bond acceptors (Lipinski definition) is 5. The molecule has 0 aromatic carbocycles. The highest BCUT2D eigenvalue weighted by molar-refractivity contribution is 5.87. The molecule has 6 nitrogen and oxygen atoms in total. The smallest absolute Gasteiger partial charge is 0.374 e. The van der Waals surface area contributed by atoms with E-state index in [0.29, 0.717) is 6.54 Å². The van der Waals surface area contributed by atoms with Gasteiger partial charge in [-0.3, -0.25) is 5.10 Å². The van der Waals surface area contributed by atoms with Crippen LogP contribution in [0.1, 0.15) is 34.6 Å². The zero-order chi connectivity index (χ0) is 13.0. The number of carbonyl (C=O) groups is 1. The van der Waals surface area contributed by atoms with Crippen molar-refractivity contribution >= 4 is 5.97 Å². The number of hydrogen-bond donors (Lipinski definition) is 2. The van der Waals surface area contributed by atoms with Crippen molar-refractivity contribution in [2.24, 2.45) is 0 Å². The number of furan rings is 1. The maximum Gasteiger partial charge on any atom is 0.374 e. The number of carbonyl (C=O) groups excluding carboxylic acids is 1. The van der Waals surface area contributed by atoms with Crippen LogP contribution < -0.4 is 5.32 Å². The van der Waals surface area contributed by atoms with Crippen molar-refractivity contribution < 1.29 is 13.9 Å². The number of H-pyrrole nitrogens is 1. The van der Waals surface area contributed by atoms with Gasteiger partial charge in [-0.15, -0.1) is 0 Å². The van der Waals surface area contributed by atoms with Gasteiger partial charge in [0, 0.05) is 29.9 Å². The van der Waals surface area contributed by atoms with Crippen molar-refractivity contribution in [3.63, 3.8) is 0 Å². The summed E-state index contributed by atoms with van der Waals surface area (Å²) in [4.78, 5) is 11.4. The number of aromatic nitrogens is 2. The Bertz CT molecular complexity index is 504. The number of aromatic amines is 1. The van der Waals surface area contributed by atoms with Crippen LogP contribution in [0.4, 0.5) is 0 Å². The first-order valence-electron chi connectivity index (χ1n) is 5.59. The first-order valence-corrected chi connectivity index (χ1v) is 5.59. The quantitative estimate of drug-likeness (QED) is 0.787. The fourth-order valence-electron chi connectivity index (χ4n) is 1.63. The van der Waals surface area contributed by atoms with Gasteiger partial charge in [0.25, 0.3) is 0 Å². The molecule has 2 rings (SSSR count). The molecule has 1 atom stereocenters. The van der Waals surface area contributed by atoms with Gasteiger partial charge in [0.1, 0.15) is 0 Å². The van der Waals surface area contributed by atoms with Gasteiger partial charge < -0.3 is 14.5 Å². The van der Waals surface area contributed by atoms with E-state index in [2.05, 4.69) is 20.3 Å². The number of nitrogens with zero attached hydrogens (tertiary/aromatic N) is 1. The summed E-state index contributed by atoms with van der Waals surface area (Å²) < 4.78 is 9.75. The molecule has 0 bridgehead atoms. The van der Waals surface area contributed by atoms with E-state index in [4.69, 9.17) is 4.42 Å². The molecule has 2 aromatic heterocycles. The fourth-order valence-corrected chi connectivity index (χ4v) is 1.63. The molecule has 0 aliphatic carbocycles. The van der Waals surface area contributed by atoms with E-state index in [9.17, 15) is 4.79 Å². The van der Waals surface area contributed by atoms with Gasteiger partial charge in [0.2, 0.25) is 5.76 Å². The second kappa shape index (κ2) is 5.50. The van der Waals surface area contributed by atoms with Gasteiger partial charge in [-0.1, -0.05) is 0 Å². The maximum atomic E-state index is 11.4. The van der Waals surface area contributed by atoms with Gasteiger partial charge in [0.05, 0.1) is 19.6 Å². The molecule has 0 fully saturated rings. The Morgan fingerprint density at radius 3 is 3.17 bits per heavy atom. The maximum absolute atomic E-state index is 11.4. The minimum absolute atomic E-state index is 0.129. The first-order chi connectivity index (χ1) is 8.72. The lowest BCUT2D eigenvalue weighted by Crippen LogP contribution is -2.18. The summed E-state index contributed by atoms with van der Waals surface area (Å²) in [6, 6.07) is 1.88. The summed E-state index contributed by atoms with van der Waals surface area (Å²) in [5.74, 6) is -0.225. The van der Waals surface area contributed by atoms with Crippen LogP contribution in [-0.2, 0) is 11.3 Å². The monoisotopic (exact) mass is 249 g/mol. The van der Waals surface area contributed by atoms with Crippen molar-refractivity contribution in [3.8, 4) is 0 Å². The van der Waals surface area contributed by atoms with Crippen molar-refractivity contribution in [2.45, 2.75) is 19.5 Å². The van der Waals surface area contributed by atoms with Crippen LogP contribution in [0.3, 0.4) is 0 Å². The Hall–Kier alpha value is -2.08. The van der Waals surface area contributed by atoms with Gasteiger partial charge >= 0.3 is 5.97 Å². The Morgan fingerprint density at radius 1 is 1.67 bits per heavy atom. The van der Waals surface area contributed by atoms with Crippen molar-refractivity contribution in [1.29, 1.82) is 0 Å². The fraction of sp³-hybridized carbons (Fsp3) is 0.333. The molecule has 6 heteroatoms. The molecule has 1 unspecified atom stereocenters. The third kappa shape index (κ3) is 2.60. The van der Waals surface area contributed by atoms with Crippen LogP contribution in [0, 0.1) is 0 Å². The second-order valence-corrected chi connectivity index (χ2v) is 3.90. The van der Waals surface area contributed by atoms with E-state index in [1.807, 2.05) is 13.1 Å². The molecular weight excluding hydrogens is 234 g/mol. The normalized spacial score (nSPS) is 12.3. The highest BCUT2D eigenvalue weighted by atomic mass is 16.5. The van der Waals surface area contributed by atoms with Crippen LogP contribution in [0.5, 0.6) is 0 Å². The number of methoxy groups -OCH3 is 1. The Labute approximate surface area is 104 Å². The summed E-state index contributed by atoms with van der Waals surface area (Å²) >= 11 is 0. The predicted octanol–water partition coefficient (Wildman–Crippen LogP) is 1.64. The number of rotatable bonds is 5. The third-order valence-electron chi connectivity index (χ3n) is 2.74. The minimum atomic E-state index is -0.465. The summed E-state index contributed by atoms with van der Waals surface area (Å²) in [5, 5.41) is 9.93. The van der Waals surface area contributed by atoms with E-state index in [-0.39, 0.29) is 11.8 Å². The molecule has 0 aliphatic rings. The summed E-state index contributed by atoms with van der Waals surface area (Å²) in [6.07, 6.45) is 5.06. The SMILES string of the molecule is COC(=O)c1occc1CNC(C)c1cn[nH]c1. The minimum Gasteiger partial charge on any atom is -0.463 e. The second-order valence-electron chi connectivity index (χ2n) is 3.90. The van der Waals surface area contributed by atoms with Crippen LogP contribution in [0.2, 0.25) is 0 Å². The van der Waals surface area contributed by atoms with E-state index in [1.165, 1.54) is 13.4 Å². The lowest BCUT2D eigenvalue weighted by Gasteiger charge is -2.11. The number of ether oxygens (including phenoxy) is 1. The lowest BCUT2D eigenvalue weighted by atomic mass is 10.1. The Balaban J connectivity index is 1.98. The molecule has 0 radical (unpaired) electrons. The van der Waals surface area contributed by atoms with Crippen LogP contribution >= 0.6 is 0 Å². The zero-order valence-electron chi connectivity index (χ0n) is 10.3. The molecule has 0 saturated carbocycles. The van der Waals surface area contributed by atoms with Crippen molar-refractivity contribution in [2.75, 3.05) is 7.11 Å². The molecular formula is C12H15N3O3. The molecule has 2 aromatic rings. The topological polar surface area (TPSA) is 80.2 Å². The predicted molar refractivity (Wildman–Crippen MR) is 63.9 cm³/mol. The molecule has 2 heterocycles. The Morgan fingerprint density at radius 2 is 2.50 bits per heavy atom. The molecule has 2 N–H and O–H groups in total. The third-order valence-corrected chi connectivity index (χ3v) is 2.74. The van der Waals surface area contributed by atoms with Crippen LogP contribution in [-0.4, -0.2) is 23.3 Å². The zero-order valence-corrected chi connectivity index (χ0v) is 10.3. The van der Waals surface area contributed by atoms with E-state index < -0.39 is 5.97 Å². The number of nitrogens with one attached hydrogen (secondary N) is 2. The largest absolute Gasteiger partial charge is 0.463 e. The van der Waals surface area contributed by atoms with Gasteiger partial charge in [-0.2, -0.15) is 5.10 Å². The highest BCUT2D eigenvalue weighted by Crippen LogP contribution is 2.14. The van der Waals surface area contributed by atoms with E-state index >= 15 is 0 Å². The average molecular weight is 249 g/mol. The first kappa shape index (κ1) is 12.4. The van der Waals surface area contributed by atoms with E-state index in [0.717, 1.165) is 11.1 Å². The summed E-state index contributed by atoms with van der Waals surface area (Å²) in [6.45, 7) is 2.54. The van der Waals surface area contributed by atoms with Gasteiger partial charge in [-0.05, 0) is 13.0 Å². The summed E-state index contributed by atoms with van der Waals surface area (Å²) in [7, 11) is 1.33. The van der Waals surface area contributed by atoms with Crippen molar-refractivity contribution in [3.05, 3.63) is 41.6 Å². The van der Waals surface area contributed by atoms with E-state index in [1.54, 1.807) is 12.3 Å². The molecule has 0 saturated heterocycles. The lowest BCUT2D eigenvalue weighted by molar-refractivity contribution is 0.0563. The molecule has 18 heavy (non-hydrogen) atoms. The standard InChI is InChI=1S/C12H15N3O3/c1-8(10-6-14-15-7-10)13-5-9-3-4-18-11(9)12(16)17-2/h3-4,6-8,13H,5H2,1-2H3,(H,14,15). The number of esters is 1. The van der Waals surface area contributed by atoms with Crippen LogP contribution in [0.25, 0.3) is 0 Å². The van der Waals surface area contributed by atoms with Gasteiger partial charge in [0.15, 0.2) is 0 Å².